The number of aliphatic hydroxyl groups is 2. The van der Waals surface area contributed by atoms with E-state index in [4.69, 9.17) is 15.6 Å². The minimum absolute atomic E-state index is 0.0664. The van der Waals surface area contributed by atoms with Gasteiger partial charge in [-0.15, -0.1) is 0 Å². The van der Waals surface area contributed by atoms with Gasteiger partial charge in [-0.05, 0) is 31.2 Å². The van der Waals surface area contributed by atoms with Crippen molar-refractivity contribution in [3.05, 3.63) is 36.9 Å². The number of carbonyl (C=O) groups excluding carboxylic acids is 2. The number of primary amides is 1. The van der Waals surface area contributed by atoms with Gasteiger partial charge in [0.15, 0.2) is 29.3 Å². The third-order valence-electron chi connectivity index (χ3n) is 5.32. The Morgan fingerprint density at radius 3 is 2.47 bits per heavy atom. The van der Waals surface area contributed by atoms with E-state index in [9.17, 15) is 28.2 Å². The number of hydrogen-bond donors (Lipinski definition) is 6. The molecule has 1 saturated heterocycles. The van der Waals surface area contributed by atoms with E-state index in [1.54, 1.807) is 6.92 Å². The number of fused-ring (bicyclic) bond motifs is 1. The average Bonchev–Trinajstić information content (AvgIpc) is 3.38. The molecular weight excluding hydrogens is 498 g/mol. The van der Waals surface area contributed by atoms with Gasteiger partial charge in [0.1, 0.15) is 18.5 Å². The highest BCUT2D eigenvalue weighted by molar-refractivity contribution is 7.89. The summed E-state index contributed by atoms with van der Waals surface area (Å²) in [6.45, 7) is 2.00. The number of carbonyl (C=O) groups is 2. The van der Waals surface area contributed by atoms with Crippen LogP contribution in [0.4, 0.5) is 16.3 Å². The van der Waals surface area contributed by atoms with Crippen LogP contribution in [0.15, 0.2) is 41.8 Å². The summed E-state index contributed by atoms with van der Waals surface area (Å²) >= 11 is 0. The molecule has 36 heavy (non-hydrogen) atoms. The van der Waals surface area contributed by atoms with Crippen molar-refractivity contribution in [1.29, 1.82) is 0 Å². The van der Waals surface area contributed by atoms with E-state index in [1.165, 1.54) is 35.2 Å². The number of nitrogens with zero attached hydrogens (tertiary/aromatic N) is 5. The normalized spacial score (nSPS) is 21.9. The molecule has 16 nitrogen and oxygen atoms in total. The first-order valence-electron chi connectivity index (χ1n) is 10.5. The Kier molecular flexibility index (Phi) is 6.74. The zero-order chi connectivity index (χ0) is 26.2. The van der Waals surface area contributed by atoms with Crippen LogP contribution in [0.1, 0.15) is 13.2 Å². The Balaban J connectivity index is 1.66. The first-order chi connectivity index (χ1) is 17.0. The lowest BCUT2D eigenvalue weighted by atomic mass is 10.1. The number of hydrogen-bond acceptors (Lipinski definition) is 11. The van der Waals surface area contributed by atoms with Crippen LogP contribution >= 0.6 is 0 Å². The van der Waals surface area contributed by atoms with Crippen molar-refractivity contribution in [1.82, 2.24) is 24.8 Å². The Morgan fingerprint density at radius 2 is 1.86 bits per heavy atom. The zero-order valence-corrected chi connectivity index (χ0v) is 19.5. The number of aliphatic hydroxyl groups excluding tert-OH is 2. The molecule has 4 atom stereocenters. The number of benzene rings is 1. The van der Waals surface area contributed by atoms with E-state index in [0.717, 1.165) is 11.3 Å². The molecular formula is C19H23N9O7S. The van der Waals surface area contributed by atoms with Crippen LogP contribution in [0, 0.1) is 0 Å². The fourth-order valence-electron chi connectivity index (χ4n) is 3.63. The van der Waals surface area contributed by atoms with Gasteiger partial charge in [0.2, 0.25) is 10.0 Å². The van der Waals surface area contributed by atoms with Crippen molar-refractivity contribution < 1.29 is 33.0 Å². The van der Waals surface area contributed by atoms with Crippen LogP contribution in [-0.4, -0.2) is 74.9 Å². The monoisotopic (exact) mass is 521 g/mol. The highest BCUT2D eigenvalue weighted by Gasteiger charge is 2.47. The smallest absolute Gasteiger partial charge is 0.339 e. The molecule has 1 aliphatic rings. The molecule has 0 radical (unpaired) electrons. The van der Waals surface area contributed by atoms with Crippen molar-refractivity contribution in [3.8, 4) is 0 Å². The molecule has 17 heteroatoms. The Morgan fingerprint density at radius 1 is 1.17 bits per heavy atom. The second-order valence-electron chi connectivity index (χ2n) is 7.70. The summed E-state index contributed by atoms with van der Waals surface area (Å²) in [6.07, 6.45) is -3.20. The number of nitrogens with one attached hydrogen (secondary N) is 2. The highest BCUT2D eigenvalue weighted by atomic mass is 32.2. The molecule has 0 saturated carbocycles. The third kappa shape index (κ3) is 4.64. The maximum Gasteiger partial charge on any atom is 0.339 e. The predicted molar refractivity (Wildman–Crippen MR) is 123 cm³/mol. The minimum Gasteiger partial charge on any atom is -0.387 e. The number of amides is 3. The summed E-state index contributed by atoms with van der Waals surface area (Å²) in [5.74, 6) is -0.668. The van der Waals surface area contributed by atoms with Crippen LogP contribution in [0.2, 0.25) is 0 Å². The topological polar surface area (TPSA) is 241 Å². The van der Waals surface area contributed by atoms with Gasteiger partial charge < -0.3 is 26.0 Å². The van der Waals surface area contributed by atoms with Gasteiger partial charge in [0, 0.05) is 6.54 Å². The van der Waals surface area contributed by atoms with Crippen molar-refractivity contribution >= 4 is 44.6 Å². The molecule has 1 aromatic carbocycles. The Hall–Kier alpha value is -3.90. The standard InChI is InChI=1S/C19H23N9O7S/c1-2-22-17(31)14-12(29)13(30)18(35-14)27-8-25-11-15(27)23-7-24-16(11)28(19(20)32)26-9-3-5-10(6-4-9)36(21,33)34/h3-8,12-14,18,26,29-30H,2H2,1H3,(H2,20,32)(H,22,31)(H2,21,33,34)/t12-,13+,14-,18+/m0/s1. The maximum atomic E-state index is 12.2. The first-order valence-corrected chi connectivity index (χ1v) is 12.0. The number of rotatable bonds is 7. The number of imidazole rings is 1. The average molecular weight is 522 g/mol. The minimum atomic E-state index is -3.91. The molecule has 3 aromatic rings. The third-order valence-corrected chi connectivity index (χ3v) is 6.25. The van der Waals surface area contributed by atoms with E-state index in [1.807, 2.05) is 0 Å². The molecule has 1 aliphatic heterocycles. The molecule has 4 rings (SSSR count). The number of urea groups is 1. The van der Waals surface area contributed by atoms with Gasteiger partial charge >= 0.3 is 6.03 Å². The molecule has 8 N–H and O–H groups in total. The molecule has 0 spiro atoms. The fraction of sp³-hybridized carbons (Fsp3) is 0.316. The summed E-state index contributed by atoms with van der Waals surface area (Å²) < 4.78 is 29.8. The van der Waals surface area contributed by atoms with Crippen LogP contribution in [0.3, 0.4) is 0 Å². The molecule has 0 aliphatic carbocycles. The van der Waals surface area contributed by atoms with Gasteiger partial charge in [-0.25, -0.2) is 33.3 Å². The van der Waals surface area contributed by atoms with Gasteiger partial charge in [-0.1, -0.05) is 0 Å². The molecule has 1 fully saturated rings. The maximum absolute atomic E-state index is 12.2. The summed E-state index contributed by atoms with van der Waals surface area (Å²) in [5, 5.41) is 29.3. The number of anilines is 2. The number of primary sulfonamides is 1. The number of likely N-dealkylation sites (N-methyl/N-ethyl adjacent to an activating group) is 1. The fourth-order valence-corrected chi connectivity index (χ4v) is 4.15. The molecule has 3 heterocycles. The van der Waals surface area contributed by atoms with Crippen LogP contribution in [-0.2, 0) is 19.6 Å². The molecule has 2 aromatic heterocycles. The lowest BCUT2D eigenvalue weighted by Crippen LogP contribution is -2.42. The van der Waals surface area contributed by atoms with E-state index < -0.39 is 46.5 Å². The van der Waals surface area contributed by atoms with Crippen LogP contribution in [0.25, 0.3) is 11.2 Å². The lowest BCUT2D eigenvalue weighted by molar-refractivity contribution is -0.137. The van der Waals surface area contributed by atoms with Crippen molar-refractivity contribution in [3.63, 3.8) is 0 Å². The van der Waals surface area contributed by atoms with Crippen LogP contribution in [0.5, 0.6) is 0 Å². The first kappa shape index (κ1) is 25.2. The van der Waals surface area contributed by atoms with Crippen molar-refractivity contribution in [2.24, 2.45) is 10.9 Å². The van der Waals surface area contributed by atoms with E-state index in [2.05, 4.69) is 25.7 Å². The van der Waals surface area contributed by atoms with E-state index >= 15 is 0 Å². The van der Waals surface area contributed by atoms with E-state index in [-0.39, 0.29) is 27.6 Å². The molecule has 0 bridgehead atoms. The summed E-state index contributed by atoms with van der Waals surface area (Å²) in [4.78, 5) is 36.7. The van der Waals surface area contributed by atoms with Crippen molar-refractivity contribution in [2.75, 3.05) is 17.0 Å². The van der Waals surface area contributed by atoms with Gasteiger partial charge in [-0.2, -0.15) is 5.01 Å². The Labute approximate surface area is 203 Å². The van der Waals surface area contributed by atoms with E-state index in [0.29, 0.717) is 6.54 Å². The number of sulfonamides is 1. The largest absolute Gasteiger partial charge is 0.387 e. The second-order valence-corrected chi connectivity index (χ2v) is 9.26. The highest BCUT2D eigenvalue weighted by Crippen LogP contribution is 2.33. The molecule has 192 valence electrons. The number of hydrazine groups is 1. The summed E-state index contributed by atoms with van der Waals surface area (Å²) in [6, 6.07) is 4.20. The molecule has 0 unspecified atom stereocenters. The second kappa shape index (κ2) is 9.63. The van der Waals surface area contributed by atoms with Crippen molar-refractivity contribution in [2.45, 2.75) is 36.4 Å². The lowest BCUT2D eigenvalue weighted by Gasteiger charge is -2.21. The molecule has 3 amide bonds. The summed E-state index contributed by atoms with van der Waals surface area (Å²) in [7, 11) is -3.91. The number of nitrogens with two attached hydrogens (primary N) is 2. The SMILES string of the molecule is CCNC(=O)[C@H]1O[C@@H](n2cnc3c(N(Nc4ccc(S(N)(=O)=O)cc4)C(N)=O)ncnc32)[C@H](O)[C@@H]1O. The quantitative estimate of drug-likeness (QED) is 0.188. The van der Waals surface area contributed by atoms with Crippen LogP contribution < -0.4 is 26.6 Å². The van der Waals surface area contributed by atoms with Gasteiger partial charge in [-0.3, -0.25) is 14.8 Å². The Bertz CT molecular complexity index is 1400. The number of ether oxygens (including phenoxy) is 1. The zero-order valence-electron chi connectivity index (χ0n) is 18.7. The summed E-state index contributed by atoms with van der Waals surface area (Å²) in [5.41, 5.74) is 8.68. The predicted octanol–water partition coefficient (Wildman–Crippen LogP) is -1.86. The number of aromatic nitrogens is 4. The van der Waals surface area contributed by atoms with Gasteiger partial charge in [0.05, 0.1) is 16.9 Å². The van der Waals surface area contributed by atoms with Gasteiger partial charge in [0.25, 0.3) is 5.91 Å².